The highest BCUT2D eigenvalue weighted by Crippen LogP contribution is 2.30. The maximum absolute atomic E-state index is 13.0. The molecule has 2 fully saturated rings. The molecule has 0 aromatic carbocycles. The summed E-state index contributed by atoms with van der Waals surface area (Å²) in [6.07, 6.45) is -14.7. The van der Waals surface area contributed by atoms with Crippen LogP contribution in [0.3, 0.4) is 0 Å². The average Bonchev–Trinajstić information content (AvgIpc) is 2.97. The zero-order valence-electron chi connectivity index (χ0n) is 24.7. The van der Waals surface area contributed by atoms with Gasteiger partial charge in [-0.1, -0.05) is 0 Å². The van der Waals surface area contributed by atoms with Gasteiger partial charge in [0.15, 0.2) is 12.6 Å². The van der Waals surface area contributed by atoms with Gasteiger partial charge in [-0.2, -0.15) is 0 Å². The summed E-state index contributed by atoms with van der Waals surface area (Å²) in [6, 6.07) is -5.72. The van der Waals surface area contributed by atoms with Gasteiger partial charge in [0, 0.05) is 13.3 Å². The third-order valence-corrected chi connectivity index (χ3v) is 7.18. The summed E-state index contributed by atoms with van der Waals surface area (Å²) >= 11 is 0. The van der Waals surface area contributed by atoms with Crippen molar-refractivity contribution in [3.8, 4) is 0 Å². The van der Waals surface area contributed by atoms with Gasteiger partial charge in [-0.05, 0) is 20.3 Å². The van der Waals surface area contributed by atoms with Gasteiger partial charge in [0.25, 0.3) is 0 Å². The molecular weight excluding hydrogens is 612 g/mol. The summed E-state index contributed by atoms with van der Waals surface area (Å²) in [6.45, 7) is 2.03. The molecular formula is C25H42N4O16. The van der Waals surface area contributed by atoms with E-state index in [4.69, 9.17) is 29.8 Å². The molecule has 20 nitrogen and oxygen atoms in total. The molecule has 3 amide bonds. The Kier molecular flexibility index (Phi) is 14.4. The number of aliphatic carboxylic acids is 2. The maximum atomic E-state index is 13.0. The van der Waals surface area contributed by atoms with Crippen LogP contribution in [0.2, 0.25) is 0 Å². The molecule has 258 valence electrons. The molecule has 0 aromatic rings. The number of nitrogens with one attached hydrogen (secondary N) is 3. The normalized spacial score (nSPS) is 33.7. The number of rotatable bonds is 15. The lowest BCUT2D eigenvalue weighted by Crippen LogP contribution is -2.69. The van der Waals surface area contributed by atoms with Crippen LogP contribution in [0.25, 0.3) is 0 Å². The molecule has 0 aromatic heterocycles. The molecule has 0 saturated carbocycles. The number of carboxylic acid groups (broad SMARTS) is 2. The molecule has 45 heavy (non-hydrogen) atoms. The molecule has 0 bridgehead atoms. The fourth-order valence-corrected chi connectivity index (χ4v) is 4.68. The third-order valence-electron chi connectivity index (χ3n) is 7.18. The predicted molar refractivity (Wildman–Crippen MR) is 145 cm³/mol. The number of nitrogens with two attached hydrogens (primary N) is 1. The zero-order valence-corrected chi connectivity index (χ0v) is 24.7. The number of carboxylic acids is 2. The molecule has 0 aliphatic carbocycles. The Labute approximate surface area is 256 Å². The minimum absolute atomic E-state index is 0.413. The van der Waals surface area contributed by atoms with Gasteiger partial charge < -0.3 is 76.4 Å². The maximum Gasteiger partial charge on any atom is 0.326 e. The lowest BCUT2D eigenvalue weighted by atomic mass is 9.94. The fraction of sp³-hybridized carbons (Fsp3) is 0.800. The van der Waals surface area contributed by atoms with E-state index in [1.165, 1.54) is 13.8 Å². The van der Waals surface area contributed by atoms with Gasteiger partial charge in [0.2, 0.25) is 17.7 Å². The first-order chi connectivity index (χ1) is 21.0. The van der Waals surface area contributed by atoms with Gasteiger partial charge in [0.05, 0.1) is 19.3 Å². The SMILES string of the molecule is CC(=O)NC1C(O)OC(CO)C(OC2OC(CO)C(O)C(O)C2N)C1OC(C)C(=O)NC(C)C(=O)NC(CCC(=O)O)C(=O)O. The summed E-state index contributed by atoms with van der Waals surface area (Å²) in [4.78, 5) is 59.7. The molecule has 2 saturated heterocycles. The van der Waals surface area contributed by atoms with Crippen LogP contribution in [-0.2, 0) is 42.9 Å². The fourth-order valence-electron chi connectivity index (χ4n) is 4.68. The molecule has 13 atom stereocenters. The van der Waals surface area contributed by atoms with Gasteiger partial charge >= 0.3 is 11.9 Å². The minimum atomic E-state index is -1.80. The number of hydrogen-bond acceptors (Lipinski definition) is 15. The van der Waals surface area contributed by atoms with Gasteiger partial charge in [0.1, 0.15) is 60.9 Å². The Morgan fingerprint density at radius 2 is 1.51 bits per heavy atom. The van der Waals surface area contributed by atoms with E-state index in [-0.39, 0.29) is 0 Å². The van der Waals surface area contributed by atoms with Crippen LogP contribution in [0.5, 0.6) is 0 Å². The van der Waals surface area contributed by atoms with E-state index >= 15 is 0 Å². The van der Waals surface area contributed by atoms with Gasteiger partial charge in [-0.15, -0.1) is 0 Å². The molecule has 2 aliphatic heterocycles. The van der Waals surface area contributed by atoms with Crippen LogP contribution in [0, 0.1) is 0 Å². The number of aliphatic hydroxyl groups excluding tert-OH is 5. The van der Waals surface area contributed by atoms with Crippen LogP contribution in [0.1, 0.15) is 33.6 Å². The van der Waals surface area contributed by atoms with Crippen LogP contribution < -0.4 is 21.7 Å². The average molecular weight is 655 g/mol. The zero-order chi connectivity index (χ0) is 34.2. The Morgan fingerprint density at radius 3 is 2.04 bits per heavy atom. The van der Waals surface area contributed by atoms with E-state index in [0.717, 1.165) is 6.92 Å². The second-order valence-electron chi connectivity index (χ2n) is 10.7. The molecule has 2 rings (SSSR count). The van der Waals surface area contributed by atoms with Crippen LogP contribution in [0.4, 0.5) is 0 Å². The standard InChI is InChI=1S/C25H42N4O16/c1-8(21(37)29-11(23(39)40)4-5-14(33)34)27-22(38)9(2)42-20-16(28-10(3)32)24(41)43-13(7-31)19(20)45-25-15(26)18(36)17(35)12(6-30)44-25/h8-9,11-13,15-20,24-25,30-31,35-36,41H,4-7,26H2,1-3H3,(H,27,38)(H,28,32)(H,29,37)(H,33,34)(H,39,40). The lowest BCUT2D eigenvalue weighted by molar-refractivity contribution is -0.331. The Hall–Kier alpha value is -3.05. The number of aliphatic hydroxyl groups is 5. The van der Waals surface area contributed by atoms with Crippen molar-refractivity contribution in [2.24, 2.45) is 5.73 Å². The molecule has 13 unspecified atom stereocenters. The number of hydrogen-bond donors (Lipinski definition) is 11. The van der Waals surface area contributed by atoms with Crippen molar-refractivity contribution in [3.05, 3.63) is 0 Å². The van der Waals surface area contributed by atoms with Crippen LogP contribution in [-0.4, -0.2) is 158 Å². The number of ether oxygens (including phenoxy) is 4. The molecule has 2 aliphatic rings. The van der Waals surface area contributed by atoms with E-state index in [9.17, 15) is 54.6 Å². The molecule has 12 N–H and O–H groups in total. The summed E-state index contributed by atoms with van der Waals surface area (Å²) in [5.41, 5.74) is 5.97. The highest BCUT2D eigenvalue weighted by Gasteiger charge is 2.52. The largest absolute Gasteiger partial charge is 0.481 e. The van der Waals surface area contributed by atoms with Crippen molar-refractivity contribution in [1.82, 2.24) is 16.0 Å². The molecule has 20 heteroatoms. The topological polar surface area (TPSA) is 326 Å². The van der Waals surface area contributed by atoms with E-state index in [2.05, 4.69) is 16.0 Å². The second kappa shape index (κ2) is 17.0. The quantitative estimate of drug-likeness (QED) is 0.0783. The highest BCUT2D eigenvalue weighted by atomic mass is 16.7. The van der Waals surface area contributed by atoms with E-state index in [1.54, 1.807) is 0 Å². The summed E-state index contributed by atoms with van der Waals surface area (Å²) in [7, 11) is 0. The predicted octanol–water partition coefficient (Wildman–Crippen LogP) is -5.94. The van der Waals surface area contributed by atoms with Crippen LogP contribution >= 0.6 is 0 Å². The highest BCUT2D eigenvalue weighted by molar-refractivity contribution is 5.91. The minimum Gasteiger partial charge on any atom is -0.481 e. The van der Waals surface area contributed by atoms with Crippen LogP contribution in [0.15, 0.2) is 0 Å². The van der Waals surface area contributed by atoms with Crippen molar-refractivity contribution < 1.29 is 78.7 Å². The summed E-state index contributed by atoms with van der Waals surface area (Å²) in [5.74, 6) is -5.31. The first-order valence-corrected chi connectivity index (χ1v) is 14.0. The van der Waals surface area contributed by atoms with Crippen molar-refractivity contribution in [1.29, 1.82) is 0 Å². The van der Waals surface area contributed by atoms with E-state index in [0.29, 0.717) is 0 Å². The van der Waals surface area contributed by atoms with Gasteiger partial charge in [-0.25, -0.2) is 4.79 Å². The monoisotopic (exact) mass is 654 g/mol. The Balaban J connectivity index is 2.25. The summed E-state index contributed by atoms with van der Waals surface area (Å²) in [5, 5.41) is 75.5. The van der Waals surface area contributed by atoms with Crippen molar-refractivity contribution >= 4 is 29.7 Å². The van der Waals surface area contributed by atoms with Crippen molar-refractivity contribution in [2.45, 2.75) is 113 Å². The van der Waals surface area contributed by atoms with Gasteiger partial charge in [-0.3, -0.25) is 19.2 Å². The number of carbonyl (C=O) groups is 5. The molecule has 0 spiro atoms. The van der Waals surface area contributed by atoms with E-state index in [1.807, 2.05) is 0 Å². The first kappa shape index (κ1) is 38.1. The summed E-state index contributed by atoms with van der Waals surface area (Å²) < 4.78 is 22.6. The lowest BCUT2D eigenvalue weighted by Gasteiger charge is -2.48. The first-order valence-electron chi connectivity index (χ1n) is 14.0. The van der Waals surface area contributed by atoms with E-state index < -0.39 is 135 Å². The Bertz CT molecular complexity index is 1050. The molecule has 2 heterocycles. The number of amides is 3. The second-order valence-corrected chi connectivity index (χ2v) is 10.7. The van der Waals surface area contributed by atoms with Crippen molar-refractivity contribution in [2.75, 3.05) is 13.2 Å². The Morgan fingerprint density at radius 1 is 0.889 bits per heavy atom. The smallest absolute Gasteiger partial charge is 0.326 e. The third kappa shape index (κ3) is 10.2. The van der Waals surface area contributed by atoms with Crippen molar-refractivity contribution in [3.63, 3.8) is 0 Å². The number of carbonyl (C=O) groups excluding carboxylic acids is 3. The molecule has 0 radical (unpaired) electrons.